The third-order valence-electron chi connectivity index (χ3n) is 2.84. The summed E-state index contributed by atoms with van der Waals surface area (Å²) in [4.78, 5) is 3.91. The van der Waals surface area contributed by atoms with Gasteiger partial charge in [0, 0.05) is 0 Å². The van der Waals surface area contributed by atoms with Crippen molar-refractivity contribution in [2.24, 2.45) is 5.10 Å². The van der Waals surface area contributed by atoms with E-state index in [0.29, 0.717) is 5.69 Å². The van der Waals surface area contributed by atoms with Crippen LogP contribution < -0.4 is 10.5 Å². The van der Waals surface area contributed by atoms with E-state index in [1.54, 1.807) is 6.92 Å². The van der Waals surface area contributed by atoms with E-state index < -0.39 is 30.5 Å². The molecule has 0 radical (unpaired) electrons. The largest absolute Gasteiger partial charge is 0.487 e. The lowest BCUT2D eigenvalue weighted by Crippen LogP contribution is -2.13. The zero-order valence-electron chi connectivity index (χ0n) is 12.4. The standard InChI is InChI=1S/C14H13F5N4O/c1-8-6-23(13(20)22-8)21-5-9-2-3-10(14(17,18)19)11(4-9)24-7-12(15)16/h2-6,12H,7H2,1H3,(H2,20,22). The molecule has 0 unspecified atom stereocenters. The molecule has 1 aromatic carbocycles. The number of rotatable bonds is 5. The van der Waals surface area contributed by atoms with E-state index in [4.69, 9.17) is 5.73 Å². The molecular weight excluding hydrogens is 335 g/mol. The molecule has 0 fully saturated rings. The van der Waals surface area contributed by atoms with E-state index in [2.05, 4.69) is 14.8 Å². The number of imidazole rings is 1. The maximum Gasteiger partial charge on any atom is 0.419 e. The number of aromatic nitrogens is 2. The van der Waals surface area contributed by atoms with Crippen LogP contribution in [0.25, 0.3) is 0 Å². The van der Waals surface area contributed by atoms with E-state index in [1.807, 2.05) is 0 Å². The van der Waals surface area contributed by atoms with Crippen LogP contribution >= 0.6 is 0 Å². The van der Waals surface area contributed by atoms with Crippen molar-refractivity contribution < 1.29 is 26.7 Å². The Morgan fingerprint density at radius 3 is 2.62 bits per heavy atom. The minimum absolute atomic E-state index is 0.102. The van der Waals surface area contributed by atoms with E-state index in [9.17, 15) is 22.0 Å². The van der Waals surface area contributed by atoms with Gasteiger partial charge in [-0.05, 0) is 24.6 Å². The van der Waals surface area contributed by atoms with Gasteiger partial charge in [-0.2, -0.15) is 18.3 Å². The minimum atomic E-state index is -4.72. The molecule has 0 saturated carbocycles. The van der Waals surface area contributed by atoms with Gasteiger partial charge in [-0.3, -0.25) is 0 Å². The summed E-state index contributed by atoms with van der Waals surface area (Å²) in [5, 5.41) is 3.94. The highest BCUT2D eigenvalue weighted by Gasteiger charge is 2.34. The maximum absolute atomic E-state index is 12.9. The van der Waals surface area contributed by atoms with Crippen LogP contribution in [0.4, 0.5) is 27.9 Å². The van der Waals surface area contributed by atoms with Gasteiger partial charge in [-0.25, -0.2) is 18.4 Å². The Hall–Kier alpha value is -2.65. The van der Waals surface area contributed by atoms with Crippen molar-refractivity contribution in [1.29, 1.82) is 0 Å². The predicted molar refractivity (Wildman–Crippen MR) is 77.3 cm³/mol. The summed E-state index contributed by atoms with van der Waals surface area (Å²) in [5.41, 5.74) is 5.27. The molecule has 1 aromatic heterocycles. The van der Waals surface area contributed by atoms with Crippen molar-refractivity contribution in [3.8, 4) is 5.75 Å². The summed E-state index contributed by atoms with van der Waals surface area (Å²) in [6.45, 7) is 0.550. The molecule has 0 saturated heterocycles. The molecule has 5 nitrogen and oxygen atoms in total. The molecule has 2 rings (SSSR count). The average Bonchev–Trinajstić information content (AvgIpc) is 2.79. The first-order chi connectivity index (χ1) is 11.2. The molecule has 2 N–H and O–H groups in total. The highest BCUT2D eigenvalue weighted by Crippen LogP contribution is 2.36. The molecule has 10 heteroatoms. The first-order valence-electron chi connectivity index (χ1n) is 6.65. The normalized spacial score (nSPS) is 12.3. The number of halogens is 5. The summed E-state index contributed by atoms with van der Waals surface area (Å²) in [5.74, 6) is -0.591. The molecule has 130 valence electrons. The predicted octanol–water partition coefficient (Wildman–Crippen LogP) is 3.32. The molecular formula is C14H13F5N4O. The van der Waals surface area contributed by atoms with Gasteiger partial charge in [0.2, 0.25) is 5.95 Å². The Bertz CT molecular complexity index is 739. The smallest absolute Gasteiger partial charge is 0.419 e. The van der Waals surface area contributed by atoms with Crippen molar-refractivity contribution in [2.75, 3.05) is 12.3 Å². The molecule has 0 aliphatic carbocycles. The maximum atomic E-state index is 12.9. The average molecular weight is 348 g/mol. The van der Waals surface area contributed by atoms with Gasteiger partial charge >= 0.3 is 6.18 Å². The minimum Gasteiger partial charge on any atom is -0.487 e. The highest BCUT2D eigenvalue weighted by molar-refractivity contribution is 5.80. The van der Waals surface area contributed by atoms with Gasteiger partial charge in [0.25, 0.3) is 6.43 Å². The number of aryl methyl sites for hydroxylation is 1. The molecule has 2 aromatic rings. The van der Waals surface area contributed by atoms with Gasteiger partial charge < -0.3 is 10.5 Å². The second-order valence-electron chi connectivity index (χ2n) is 4.79. The zero-order valence-corrected chi connectivity index (χ0v) is 12.4. The molecule has 1 heterocycles. The van der Waals surface area contributed by atoms with E-state index in [0.717, 1.165) is 18.2 Å². The molecule has 0 aliphatic rings. The number of ether oxygens (including phenoxy) is 1. The summed E-state index contributed by atoms with van der Waals surface area (Å²) in [7, 11) is 0. The third-order valence-corrected chi connectivity index (χ3v) is 2.84. The third kappa shape index (κ3) is 4.43. The number of nitrogen functional groups attached to an aromatic ring is 1. The number of nitrogens with two attached hydrogens (primary N) is 1. The number of alkyl halides is 5. The number of hydrogen-bond donors (Lipinski definition) is 1. The molecule has 0 aliphatic heterocycles. The Balaban J connectivity index is 2.31. The van der Waals surface area contributed by atoms with Gasteiger partial charge in [-0.15, -0.1) is 0 Å². The molecule has 0 amide bonds. The Labute approximate surface area is 133 Å². The van der Waals surface area contributed by atoms with E-state index in [-0.39, 0.29) is 11.5 Å². The SMILES string of the molecule is Cc1cn(N=Cc2ccc(C(F)(F)F)c(OCC(F)F)c2)c(N)n1. The van der Waals surface area contributed by atoms with Crippen LogP contribution in [-0.4, -0.2) is 28.9 Å². The van der Waals surface area contributed by atoms with Crippen molar-refractivity contribution in [3.63, 3.8) is 0 Å². The fourth-order valence-electron chi connectivity index (χ4n) is 1.85. The Morgan fingerprint density at radius 2 is 2.08 bits per heavy atom. The van der Waals surface area contributed by atoms with Crippen molar-refractivity contribution >= 4 is 12.2 Å². The van der Waals surface area contributed by atoms with Crippen molar-refractivity contribution in [2.45, 2.75) is 19.5 Å². The van der Waals surface area contributed by atoms with Crippen LogP contribution in [0.1, 0.15) is 16.8 Å². The lowest BCUT2D eigenvalue weighted by molar-refractivity contribution is -0.139. The summed E-state index contributed by atoms with van der Waals surface area (Å²) in [6.07, 6.45) is -4.88. The number of benzene rings is 1. The van der Waals surface area contributed by atoms with Crippen LogP contribution in [-0.2, 0) is 6.18 Å². The van der Waals surface area contributed by atoms with Crippen LogP contribution in [0.15, 0.2) is 29.5 Å². The van der Waals surface area contributed by atoms with Crippen LogP contribution in [0.5, 0.6) is 5.75 Å². The molecule has 0 bridgehead atoms. The number of anilines is 1. The van der Waals surface area contributed by atoms with Crippen LogP contribution in [0.3, 0.4) is 0 Å². The van der Waals surface area contributed by atoms with Crippen LogP contribution in [0.2, 0.25) is 0 Å². The molecule has 0 atom stereocenters. The summed E-state index contributed by atoms with van der Waals surface area (Å²) >= 11 is 0. The monoisotopic (exact) mass is 348 g/mol. The summed E-state index contributed by atoms with van der Waals surface area (Å²) in [6, 6.07) is 2.86. The van der Waals surface area contributed by atoms with Gasteiger partial charge in [0.1, 0.15) is 12.4 Å². The van der Waals surface area contributed by atoms with Gasteiger partial charge in [0.15, 0.2) is 0 Å². The second kappa shape index (κ2) is 6.85. The number of hydrogen-bond acceptors (Lipinski definition) is 4. The Morgan fingerprint density at radius 1 is 1.38 bits per heavy atom. The van der Waals surface area contributed by atoms with Crippen LogP contribution in [0, 0.1) is 6.92 Å². The first-order valence-corrected chi connectivity index (χ1v) is 6.65. The van der Waals surface area contributed by atoms with Gasteiger partial charge in [-0.1, -0.05) is 6.07 Å². The second-order valence-corrected chi connectivity index (χ2v) is 4.79. The molecule has 0 spiro atoms. The lowest BCUT2D eigenvalue weighted by atomic mass is 10.1. The first kappa shape index (κ1) is 17.7. The lowest BCUT2D eigenvalue weighted by Gasteiger charge is -2.14. The number of nitrogens with zero attached hydrogens (tertiary/aromatic N) is 3. The highest BCUT2D eigenvalue weighted by atomic mass is 19.4. The van der Waals surface area contributed by atoms with Crippen molar-refractivity contribution in [3.05, 3.63) is 41.2 Å². The fourth-order valence-corrected chi connectivity index (χ4v) is 1.85. The fraction of sp³-hybridized carbons (Fsp3) is 0.286. The van der Waals surface area contributed by atoms with E-state index in [1.165, 1.54) is 17.1 Å². The Kier molecular flexibility index (Phi) is 5.05. The van der Waals surface area contributed by atoms with Gasteiger partial charge in [0.05, 0.1) is 23.7 Å². The molecule has 24 heavy (non-hydrogen) atoms. The quantitative estimate of drug-likeness (QED) is 0.666. The topological polar surface area (TPSA) is 65.4 Å². The van der Waals surface area contributed by atoms with E-state index >= 15 is 0 Å². The zero-order chi connectivity index (χ0) is 17.9. The van der Waals surface area contributed by atoms with Crippen molar-refractivity contribution in [1.82, 2.24) is 9.66 Å². The summed E-state index contributed by atoms with van der Waals surface area (Å²) < 4.78 is 68.9.